The van der Waals surface area contributed by atoms with Gasteiger partial charge in [0.05, 0.1) is 5.69 Å². The molecule has 0 fully saturated rings. The van der Waals surface area contributed by atoms with Gasteiger partial charge >= 0.3 is 0 Å². The highest BCUT2D eigenvalue weighted by Crippen LogP contribution is 2.26. The summed E-state index contributed by atoms with van der Waals surface area (Å²) in [4.78, 5) is 16.5. The Bertz CT molecular complexity index is 400. The number of hydrogen-bond acceptors (Lipinski definition) is 2. The lowest BCUT2D eigenvalue weighted by atomic mass is 10.1. The summed E-state index contributed by atoms with van der Waals surface area (Å²) in [6.07, 6.45) is 0. The maximum Gasteiger partial charge on any atom is 0.275 e. The number of para-hydroxylation sites is 1. The summed E-state index contributed by atoms with van der Waals surface area (Å²) >= 11 is 0. The second-order valence-electron chi connectivity index (χ2n) is 2.86. The molecule has 62 valence electrons. The van der Waals surface area contributed by atoms with E-state index in [0.717, 1.165) is 11.3 Å². The molecule has 0 spiro atoms. The Hall–Kier alpha value is -1.58. The third-order valence-electron chi connectivity index (χ3n) is 2.16. The zero-order valence-electron chi connectivity index (χ0n) is 7.19. The van der Waals surface area contributed by atoms with Crippen LogP contribution in [-0.4, -0.2) is 26.6 Å². The van der Waals surface area contributed by atoms with Crippen molar-refractivity contribution in [1.29, 1.82) is 0 Å². The van der Waals surface area contributed by atoms with E-state index in [-0.39, 0.29) is 5.91 Å². The van der Waals surface area contributed by atoms with Crippen LogP contribution in [0, 0.1) is 0 Å². The minimum Gasteiger partial charge on any atom is -0.352 e. The molecule has 0 aromatic heterocycles. The molecule has 2 rings (SSSR count). The van der Waals surface area contributed by atoms with E-state index in [9.17, 15) is 4.79 Å². The molecule has 1 aromatic rings. The first kappa shape index (κ1) is 8.04. The Kier molecular flexibility index (Phi) is 1.69. The zero-order valence-corrected chi connectivity index (χ0v) is 7.19. The van der Waals surface area contributed by atoms with Gasteiger partial charge in [-0.3, -0.25) is 4.79 Å². The monoisotopic (exact) mass is 170 g/mol. The van der Waals surface area contributed by atoms with Gasteiger partial charge in [0.25, 0.3) is 13.9 Å². The normalized spacial score (nSPS) is 18.1. The summed E-state index contributed by atoms with van der Waals surface area (Å²) in [7, 11) is 6.85. The van der Waals surface area contributed by atoms with Crippen LogP contribution in [0.15, 0.2) is 29.2 Å². The topological polar surface area (TPSA) is 32.7 Å². The van der Waals surface area contributed by atoms with Crippen molar-refractivity contribution < 1.29 is 4.79 Å². The van der Waals surface area contributed by atoms with Gasteiger partial charge < -0.3 is 9.80 Å². The lowest BCUT2D eigenvalue weighted by molar-refractivity contribution is -0.111. The third kappa shape index (κ3) is 0.984. The van der Waals surface area contributed by atoms with E-state index in [2.05, 4.69) is 4.90 Å². The molecule has 0 saturated heterocycles. The van der Waals surface area contributed by atoms with Crippen LogP contribution in [0.3, 0.4) is 0 Å². The summed E-state index contributed by atoms with van der Waals surface area (Å²) in [5, 5.41) is 0. The van der Waals surface area contributed by atoms with Crippen LogP contribution >= 0.6 is 0 Å². The van der Waals surface area contributed by atoms with E-state index in [1.165, 1.54) is 0 Å². The summed E-state index contributed by atoms with van der Waals surface area (Å²) in [6, 6.07) is 7.44. The summed E-state index contributed by atoms with van der Waals surface area (Å²) < 4.78 is 0. The van der Waals surface area contributed by atoms with Crippen molar-refractivity contribution in [3.05, 3.63) is 29.8 Å². The van der Waals surface area contributed by atoms with Crippen molar-refractivity contribution in [2.45, 2.75) is 0 Å². The Morgan fingerprint density at radius 3 is 2.77 bits per heavy atom. The van der Waals surface area contributed by atoms with Gasteiger partial charge in [-0.1, -0.05) is 18.2 Å². The first-order valence-electron chi connectivity index (χ1n) is 3.91. The fourth-order valence-corrected chi connectivity index (χ4v) is 1.47. The van der Waals surface area contributed by atoms with Crippen LogP contribution in [0.4, 0.5) is 5.69 Å². The predicted molar refractivity (Wildman–Crippen MR) is 52.1 cm³/mol. The van der Waals surface area contributed by atoms with Crippen molar-refractivity contribution in [3.8, 4) is 0 Å². The first-order chi connectivity index (χ1) is 6.25. The molecule has 0 unspecified atom stereocenters. The van der Waals surface area contributed by atoms with Gasteiger partial charge in [-0.25, -0.2) is 0 Å². The van der Waals surface area contributed by atoms with E-state index in [4.69, 9.17) is 7.98 Å². The summed E-state index contributed by atoms with van der Waals surface area (Å²) in [5.41, 5.74) is 1.99. The number of anilines is 1. The molecule has 0 bridgehead atoms. The third-order valence-corrected chi connectivity index (χ3v) is 2.16. The average molecular weight is 170 g/mol. The van der Waals surface area contributed by atoms with E-state index in [1.54, 1.807) is 11.9 Å². The first-order valence-corrected chi connectivity index (χ1v) is 3.91. The van der Waals surface area contributed by atoms with Gasteiger partial charge in [0.2, 0.25) is 0 Å². The number of amides is 1. The van der Waals surface area contributed by atoms with Crippen molar-refractivity contribution >= 4 is 25.3 Å². The molecule has 0 aliphatic carbocycles. The number of benzene rings is 1. The molecule has 1 aromatic carbocycles. The van der Waals surface area contributed by atoms with Crippen molar-refractivity contribution in [2.75, 3.05) is 11.9 Å². The Morgan fingerprint density at radius 2 is 2.08 bits per heavy atom. The number of carbonyl (C=O) groups excluding carboxylic acids is 1. The molecule has 13 heavy (non-hydrogen) atoms. The predicted octanol–water partition coefficient (Wildman–Crippen LogP) is 0.536. The van der Waals surface area contributed by atoms with Crippen LogP contribution in [0.25, 0.3) is 0 Å². The molecule has 1 amide bonds. The number of carbonyl (C=O) groups is 1. The minimum atomic E-state index is -0.149. The quantitative estimate of drug-likeness (QED) is 0.523. The molecular formula is C9H7BN2O. The van der Waals surface area contributed by atoms with Crippen molar-refractivity contribution in [3.63, 3.8) is 0 Å². The second kappa shape index (κ2) is 2.73. The number of rotatable bonds is 0. The fraction of sp³-hybridized carbons (Fsp3) is 0.111. The fourth-order valence-electron chi connectivity index (χ4n) is 1.47. The molecule has 3 nitrogen and oxygen atoms in total. The van der Waals surface area contributed by atoms with Gasteiger partial charge in [0.15, 0.2) is 0 Å². The highest BCUT2D eigenvalue weighted by atomic mass is 16.2. The summed E-state index contributed by atoms with van der Waals surface area (Å²) in [5.74, 6) is -0.149. The highest BCUT2D eigenvalue weighted by molar-refractivity contribution is 6.56. The van der Waals surface area contributed by atoms with E-state index in [0.29, 0.717) is 5.71 Å². The van der Waals surface area contributed by atoms with Gasteiger partial charge in [0, 0.05) is 12.6 Å². The van der Waals surface area contributed by atoms with Crippen LogP contribution in [0.1, 0.15) is 5.56 Å². The van der Waals surface area contributed by atoms with Gasteiger partial charge in [-0.15, -0.1) is 0 Å². The highest BCUT2D eigenvalue weighted by Gasteiger charge is 2.29. The molecule has 0 atom stereocenters. The Labute approximate surface area is 77.5 Å². The molecule has 0 N–H and O–H groups in total. The van der Waals surface area contributed by atoms with Gasteiger partial charge in [-0.2, -0.15) is 0 Å². The van der Waals surface area contributed by atoms with E-state index < -0.39 is 0 Å². The van der Waals surface area contributed by atoms with Crippen LogP contribution in [-0.2, 0) is 4.79 Å². The molecule has 1 heterocycles. The molecule has 0 saturated carbocycles. The second-order valence-corrected chi connectivity index (χ2v) is 2.86. The Balaban J connectivity index is 2.67. The average Bonchev–Trinajstić information content (AvgIpc) is 2.41. The smallest absolute Gasteiger partial charge is 0.275 e. The standard InChI is InChI=1S/C9H7BN2O/c1-12-7-5-3-2-4-6(7)8(11-10)9(12)13/h2-5H,1H3/b11-8-. The van der Waals surface area contributed by atoms with Crippen molar-refractivity contribution in [2.24, 2.45) is 4.90 Å². The molecule has 4 heteroatoms. The van der Waals surface area contributed by atoms with Gasteiger partial charge in [-0.05, 0) is 6.07 Å². The Morgan fingerprint density at radius 1 is 1.38 bits per heavy atom. The van der Waals surface area contributed by atoms with Crippen LogP contribution in [0.5, 0.6) is 0 Å². The van der Waals surface area contributed by atoms with Crippen LogP contribution in [0.2, 0.25) is 0 Å². The molecule has 1 aliphatic heterocycles. The zero-order chi connectivity index (χ0) is 9.42. The SMILES string of the molecule is [B]/N=C1\C(=O)N(C)c2ccccc21. The largest absolute Gasteiger partial charge is 0.352 e. The maximum atomic E-state index is 11.5. The molecule has 2 radical (unpaired) electrons. The number of likely N-dealkylation sites (N-methyl/N-ethyl adjacent to an activating group) is 1. The lowest BCUT2D eigenvalue weighted by Crippen LogP contribution is -2.25. The summed E-state index contributed by atoms with van der Waals surface area (Å²) in [6.45, 7) is 0. The van der Waals surface area contributed by atoms with E-state index in [1.807, 2.05) is 24.3 Å². The number of fused-ring (bicyclic) bond motifs is 1. The van der Waals surface area contributed by atoms with Gasteiger partial charge in [0.1, 0.15) is 5.71 Å². The van der Waals surface area contributed by atoms with Crippen LogP contribution < -0.4 is 4.90 Å². The number of hydrogen-bond donors (Lipinski definition) is 0. The maximum absolute atomic E-state index is 11.5. The lowest BCUT2D eigenvalue weighted by Gasteiger charge is -2.07. The van der Waals surface area contributed by atoms with Crippen molar-refractivity contribution in [1.82, 2.24) is 0 Å². The number of nitrogens with zero attached hydrogens (tertiary/aromatic N) is 2. The molecule has 1 aliphatic rings. The molecular weight excluding hydrogens is 163 g/mol. The van der Waals surface area contributed by atoms with E-state index >= 15 is 0 Å². The minimum absolute atomic E-state index is 0.149.